The number of methoxy groups -OCH3 is 1. The van der Waals surface area contributed by atoms with Crippen LogP contribution < -0.4 is 10.1 Å². The van der Waals surface area contributed by atoms with Crippen LogP contribution in [0.2, 0.25) is 0 Å². The minimum Gasteiger partial charge on any atom is -0.480 e. The van der Waals surface area contributed by atoms with Crippen LogP contribution in [0.3, 0.4) is 0 Å². The Morgan fingerprint density at radius 3 is 2.48 bits per heavy atom. The molecule has 0 saturated heterocycles. The molecule has 0 amide bonds. The monoisotopic (exact) mass is 549 g/mol. The standard InChI is InChI=1S/C27H26F3N9O/c1-15(2)39-13-19(27(28,29)30)35-22(39)18-6-4-16(5-7-18)12-32-25-36-23(38-11-10-31-26(38)37-25)20-21(17-8-9-17)33-14-34-24(20)40-3/h4-7,10-11,13-15,17H,8-9,12H2,1-3H3,(H,31,32,37). The first-order valence-corrected chi connectivity index (χ1v) is 12.8. The molecule has 0 atom stereocenters. The Kier molecular flexibility index (Phi) is 6.35. The van der Waals surface area contributed by atoms with Crippen molar-refractivity contribution >= 4 is 11.7 Å². The summed E-state index contributed by atoms with van der Waals surface area (Å²) in [6.07, 6.45) is 3.56. The van der Waals surface area contributed by atoms with Crippen LogP contribution in [0.15, 0.2) is 49.2 Å². The fraction of sp³-hybridized carbons (Fsp3) is 0.333. The van der Waals surface area contributed by atoms with E-state index in [1.807, 2.05) is 26.0 Å². The summed E-state index contributed by atoms with van der Waals surface area (Å²) in [7, 11) is 1.56. The lowest BCUT2D eigenvalue weighted by molar-refractivity contribution is -0.140. The number of nitrogens with one attached hydrogen (secondary N) is 1. The van der Waals surface area contributed by atoms with E-state index in [0.29, 0.717) is 47.0 Å². The van der Waals surface area contributed by atoms with Gasteiger partial charge in [0.05, 0.1) is 12.8 Å². The Balaban J connectivity index is 1.28. The lowest BCUT2D eigenvalue weighted by atomic mass is 10.1. The average molecular weight is 550 g/mol. The van der Waals surface area contributed by atoms with Gasteiger partial charge in [0.1, 0.15) is 17.7 Å². The van der Waals surface area contributed by atoms with Gasteiger partial charge in [-0.15, -0.1) is 0 Å². The largest absolute Gasteiger partial charge is 0.480 e. The SMILES string of the molecule is COc1ncnc(C2CC2)c1-c1nc(NCc2ccc(-c3nc(C(F)(F)F)cn3C(C)C)cc2)nc2nccn12. The molecule has 1 aromatic carbocycles. The number of hydrogen-bond donors (Lipinski definition) is 1. The van der Waals surface area contributed by atoms with Gasteiger partial charge in [0, 0.05) is 42.7 Å². The first-order valence-electron chi connectivity index (χ1n) is 12.8. The molecule has 4 aromatic heterocycles. The summed E-state index contributed by atoms with van der Waals surface area (Å²) in [4.78, 5) is 26.4. The molecule has 4 heterocycles. The van der Waals surface area contributed by atoms with Crippen LogP contribution in [0, 0.1) is 0 Å². The summed E-state index contributed by atoms with van der Waals surface area (Å²) >= 11 is 0. The van der Waals surface area contributed by atoms with Crippen LogP contribution in [0.4, 0.5) is 19.1 Å². The molecule has 1 saturated carbocycles. The Bertz CT molecular complexity index is 1670. The topological polar surface area (TPSA) is 108 Å². The van der Waals surface area contributed by atoms with Gasteiger partial charge in [-0.2, -0.15) is 23.1 Å². The molecular formula is C27H26F3N9O. The van der Waals surface area contributed by atoms with Gasteiger partial charge in [0.15, 0.2) is 11.5 Å². The maximum atomic E-state index is 13.3. The number of nitrogens with zero attached hydrogens (tertiary/aromatic N) is 8. The summed E-state index contributed by atoms with van der Waals surface area (Å²) < 4.78 is 48.7. The Morgan fingerprint density at radius 1 is 1.02 bits per heavy atom. The van der Waals surface area contributed by atoms with Crippen molar-refractivity contribution in [3.63, 3.8) is 0 Å². The first-order chi connectivity index (χ1) is 19.2. The van der Waals surface area contributed by atoms with Crippen molar-refractivity contribution < 1.29 is 17.9 Å². The number of rotatable bonds is 8. The molecule has 10 nitrogen and oxygen atoms in total. The quantitative estimate of drug-likeness (QED) is 0.269. The summed E-state index contributed by atoms with van der Waals surface area (Å²) in [5.41, 5.74) is 2.17. The second-order valence-corrected chi connectivity index (χ2v) is 9.88. The number of halogens is 3. The number of ether oxygens (including phenoxy) is 1. The van der Waals surface area contributed by atoms with E-state index in [2.05, 4.69) is 30.2 Å². The minimum atomic E-state index is -4.51. The highest BCUT2D eigenvalue weighted by Gasteiger charge is 2.35. The summed E-state index contributed by atoms with van der Waals surface area (Å²) in [5.74, 6) is 2.41. The molecule has 6 rings (SSSR count). The normalized spacial score (nSPS) is 13.8. The van der Waals surface area contributed by atoms with Crippen molar-refractivity contribution in [1.82, 2.24) is 38.9 Å². The van der Waals surface area contributed by atoms with Crippen molar-refractivity contribution in [2.75, 3.05) is 12.4 Å². The van der Waals surface area contributed by atoms with E-state index >= 15 is 0 Å². The average Bonchev–Trinajstić information content (AvgIpc) is 3.48. The second-order valence-electron chi connectivity index (χ2n) is 9.88. The second kappa shape index (κ2) is 9.88. The number of hydrogen-bond acceptors (Lipinski definition) is 8. The van der Waals surface area contributed by atoms with Crippen molar-refractivity contribution in [3.8, 4) is 28.7 Å². The highest BCUT2D eigenvalue weighted by atomic mass is 19.4. The van der Waals surface area contributed by atoms with Gasteiger partial charge >= 0.3 is 6.18 Å². The van der Waals surface area contributed by atoms with Gasteiger partial charge in [-0.1, -0.05) is 24.3 Å². The number of anilines is 1. The van der Waals surface area contributed by atoms with Gasteiger partial charge in [-0.25, -0.2) is 19.9 Å². The van der Waals surface area contributed by atoms with Gasteiger partial charge in [0.2, 0.25) is 17.6 Å². The van der Waals surface area contributed by atoms with Crippen molar-refractivity contribution in [1.29, 1.82) is 0 Å². The highest BCUT2D eigenvalue weighted by Crippen LogP contribution is 2.45. The predicted molar refractivity (Wildman–Crippen MR) is 141 cm³/mol. The first kappa shape index (κ1) is 25.7. The third kappa shape index (κ3) is 4.82. The maximum Gasteiger partial charge on any atom is 0.434 e. The molecule has 0 spiro atoms. The zero-order chi connectivity index (χ0) is 28.0. The maximum absolute atomic E-state index is 13.3. The van der Waals surface area contributed by atoms with Crippen LogP contribution in [-0.4, -0.2) is 46.0 Å². The molecule has 0 bridgehead atoms. The molecule has 206 valence electrons. The van der Waals surface area contributed by atoms with Crippen LogP contribution >= 0.6 is 0 Å². The van der Waals surface area contributed by atoms with Crippen molar-refractivity contribution in [2.45, 2.75) is 51.4 Å². The van der Waals surface area contributed by atoms with Crippen LogP contribution in [0.25, 0.3) is 28.6 Å². The molecule has 1 aliphatic rings. The van der Waals surface area contributed by atoms with Crippen molar-refractivity contribution in [3.05, 3.63) is 66.1 Å². The van der Waals surface area contributed by atoms with Gasteiger partial charge in [-0.3, -0.25) is 4.40 Å². The van der Waals surface area contributed by atoms with Gasteiger partial charge < -0.3 is 14.6 Å². The molecule has 40 heavy (non-hydrogen) atoms. The van der Waals surface area contributed by atoms with Crippen LogP contribution in [0.5, 0.6) is 5.88 Å². The molecule has 5 aromatic rings. The van der Waals surface area contributed by atoms with Gasteiger partial charge in [0.25, 0.3) is 0 Å². The number of alkyl halides is 3. The molecule has 1 aliphatic carbocycles. The fourth-order valence-electron chi connectivity index (χ4n) is 4.58. The lowest BCUT2D eigenvalue weighted by Gasteiger charge is -2.14. The van der Waals surface area contributed by atoms with Crippen LogP contribution in [-0.2, 0) is 12.7 Å². The number of fused-ring (bicyclic) bond motifs is 1. The fourth-order valence-corrected chi connectivity index (χ4v) is 4.58. The zero-order valence-corrected chi connectivity index (χ0v) is 22.0. The number of benzene rings is 1. The third-order valence-corrected chi connectivity index (χ3v) is 6.73. The molecule has 13 heteroatoms. The number of imidazole rings is 2. The molecule has 0 aliphatic heterocycles. The number of aromatic nitrogens is 8. The van der Waals surface area contributed by atoms with E-state index in [4.69, 9.17) is 9.72 Å². The minimum absolute atomic E-state index is 0.182. The van der Waals surface area contributed by atoms with E-state index in [1.165, 1.54) is 10.9 Å². The molecule has 1 N–H and O–H groups in total. The van der Waals surface area contributed by atoms with E-state index in [1.54, 1.807) is 36.0 Å². The Hall–Kier alpha value is -4.55. The molecule has 0 unspecified atom stereocenters. The molecule has 0 radical (unpaired) electrons. The molecular weight excluding hydrogens is 523 g/mol. The van der Waals surface area contributed by atoms with E-state index in [-0.39, 0.29) is 11.9 Å². The predicted octanol–water partition coefficient (Wildman–Crippen LogP) is 5.54. The smallest absolute Gasteiger partial charge is 0.434 e. The summed E-state index contributed by atoms with van der Waals surface area (Å²) in [6, 6.07) is 7.01. The van der Waals surface area contributed by atoms with Crippen molar-refractivity contribution in [2.24, 2.45) is 0 Å². The molecule has 1 fully saturated rings. The third-order valence-electron chi connectivity index (χ3n) is 6.73. The van der Waals surface area contributed by atoms with E-state index < -0.39 is 11.9 Å². The lowest BCUT2D eigenvalue weighted by Crippen LogP contribution is -2.10. The van der Waals surface area contributed by atoms with E-state index in [9.17, 15) is 13.2 Å². The van der Waals surface area contributed by atoms with Gasteiger partial charge in [-0.05, 0) is 32.3 Å². The zero-order valence-electron chi connectivity index (χ0n) is 22.0. The van der Waals surface area contributed by atoms with E-state index in [0.717, 1.165) is 30.3 Å². The Morgan fingerprint density at radius 2 is 1.80 bits per heavy atom. The van der Waals surface area contributed by atoms with Crippen LogP contribution in [0.1, 0.15) is 55.6 Å². The highest BCUT2D eigenvalue weighted by molar-refractivity contribution is 5.69. The Labute approximate surface area is 227 Å². The summed E-state index contributed by atoms with van der Waals surface area (Å²) in [6.45, 7) is 4.01. The summed E-state index contributed by atoms with van der Waals surface area (Å²) in [5, 5.41) is 3.24.